The molecule has 90 valence electrons. The van der Waals surface area contributed by atoms with Crippen LogP contribution in [0.15, 0.2) is 36.4 Å². The van der Waals surface area contributed by atoms with E-state index >= 15 is 0 Å². The Labute approximate surface area is 107 Å². The van der Waals surface area contributed by atoms with E-state index in [2.05, 4.69) is 9.97 Å². The van der Waals surface area contributed by atoms with Gasteiger partial charge in [0.15, 0.2) is 0 Å². The maximum atomic E-state index is 13.3. The molecular weight excluding hydrogens is 253 g/mol. The summed E-state index contributed by atoms with van der Waals surface area (Å²) in [5.74, 6) is 0.198. The number of hydrogen-bond donors (Lipinski definition) is 2. The Bertz CT molecular complexity index is 680. The van der Waals surface area contributed by atoms with Gasteiger partial charge < -0.3 is 10.7 Å². The number of rotatable bonds is 1. The van der Waals surface area contributed by atoms with Crippen LogP contribution in [-0.4, -0.2) is 9.97 Å². The van der Waals surface area contributed by atoms with Gasteiger partial charge in [0.2, 0.25) is 0 Å². The molecule has 1 heterocycles. The second-order valence-corrected chi connectivity index (χ2v) is 4.40. The van der Waals surface area contributed by atoms with Crippen molar-refractivity contribution < 1.29 is 4.39 Å². The third kappa shape index (κ3) is 1.80. The minimum atomic E-state index is -0.461. The molecule has 0 saturated heterocycles. The van der Waals surface area contributed by atoms with Crippen LogP contribution in [0.25, 0.3) is 22.4 Å². The number of nitrogens with zero attached hydrogens (tertiary/aromatic N) is 1. The van der Waals surface area contributed by atoms with Crippen LogP contribution < -0.4 is 5.73 Å². The largest absolute Gasteiger partial charge is 0.399 e. The topological polar surface area (TPSA) is 54.7 Å². The van der Waals surface area contributed by atoms with Crippen molar-refractivity contribution in [2.24, 2.45) is 0 Å². The zero-order valence-electron chi connectivity index (χ0n) is 9.24. The number of H-pyrrole nitrogens is 1. The number of fused-ring (bicyclic) bond motifs is 1. The van der Waals surface area contributed by atoms with E-state index in [9.17, 15) is 4.39 Å². The molecule has 3 nitrogen and oxygen atoms in total. The van der Waals surface area contributed by atoms with Crippen molar-refractivity contribution in [1.82, 2.24) is 9.97 Å². The molecule has 0 saturated carbocycles. The molecule has 3 N–H and O–H groups in total. The number of halogens is 2. The van der Waals surface area contributed by atoms with Gasteiger partial charge in [0.25, 0.3) is 0 Å². The first kappa shape index (κ1) is 11.0. The fourth-order valence-electron chi connectivity index (χ4n) is 1.78. The lowest BCUT2D eigenvalue weighted by molar-refractivity contribution is 0.630. The zero-order valence-corrected chi connectivity index (χ0v) is 10.0. The number of nitrogens with two attached hydrogens (primary N) is 1. The lowest BCUT2D eigenvalue weighted by Crippen LogP contribution is -1.84. The maximum absolute atomic E-state index is 13.3. The molecule has 5 heteroatoms. The van der Waals surface area contributed by atoms with E-state index in [0.717, 1.165) is 5.56 Å². The number of imidazole rings is 1. The van der Waals surface area contributed by atoms with Crippen molar-refractivity contribution in [3.05, 3.63) is 47.2 Å². The van der Waals surface area contributed by atoms with E-state index in [0.29, 0.717) is 22.5 Å². The van der Waals surface area contributed by atoms with Crippen molar-refractivity contribution in [2.45, 2.75) is 0 Å². The Balaban J connectivity index is 2.16. The van der Waals surface area contributed by atoms with Crippen LogP contribution >= 0.6 is 11.6 Å². The molecule has 3 rings (SSSR count). The van der Waals surface area contributed by atoms with Gasteiger partial charge in [0.05, 0.1) is 16.1 Å². The molecule has 0 bridgehead atoms. The summed E-state index contributed by atoms with van der Waals surface area (Å²) in [6, 6.07) is 10.1. The zero-order chi connectivity index (χ0) is 12.7. The summed E-state index contributed by atoms with van der Waals surface area (Å²) in [5.41, 5.74) is 8.44. The number of aromatic amines is 1. The molecular formula is C13H9ClFN3. The number of hydrogen-bond acceptors (Lipinski definition) is 2. The monoisotopic (exact) mass is 261 g/mol. The van der Waals surface area contributed by atoms with E-state index in [1.54, 1.807) is 12.1 Å². The van der Waals surface area contributed by atoms with Gasteiger partial charge in [0.1, 0.15) is 11.6 Å². The van der Waals surface area contributed by atoms with Crippen LogP contribution in [0.4, 0.5) is 10.1 Å². The Morgan fingerprint density at radius 2 is 1.89 bits per heavy atom. The molecule has 18 heavy (non-hydrogen) atoms. The van der Waals surface area contributed by atoms with Crippen molar-refractivity contribution in [3.8, 4) is 11.4 Å². The van der Waals surface area contributed by atoms with Crippen LogP contribution in [0.1, 0.15) is 0 Å². The summed E-state index contributed by atoms with van der Waals surface area (Å²) < 4.78 is 13.3. The van der Waals surface area contributed by atoms with Gasteiger partial charge >= 0.3 is 0 Å². The molecule has 0 spiro atoms. The molecule has 0 unspecified atom stereocenters. The van der Waals surface area contributed by atoms with Gasteiger partial charge in [-0.1, -0.05) is 11.6 Å². The van der Waals surface area contributed by atoms with Gasteiger partial charge in [-0.3, -0.25) is 0 Å². The SMILES string of the molecule is Nc1ccc(-c2nc3cc(Cl)c(F)cc3[nH]2)cc1. The predicted molar refractivity (Wildman–Crippen MR) is 70.9 cm³/mol. The third-order valence-electron chi connectivity index (χ3n) is 2.71. The van der Waals surface area contributed by atoms with Crippen molar-refractivity contribution >= 4 is 28.3 Å². The van der Waals surface area contributed by atoms with Crippen LogP contribution in [0.2, 0.25) is 5.02 Å². The first-order valence-corrected chi connectivity index (χ1v) is 5.72. The fraction of sp³-hybridized carbons (Fsp3) is 0. The summed E-state index contributed by atoms with van der Waals surface area (Å²) in [6.07, 6.45) is 0. The first-order chi connectivity index (χ1) is 8.63. The third-order valence-corrected chi connectivity index (χ3v) is 3.00. The lowest BCUT2D eigenvalue weighted by Gasteiger charge is -1.96. The molecule has 0 aliphatic heterocycles. The van der Waals surface area contributed by atoms with Crippen molar-refractivity contribution in [3.63, 3.8) is 0 Å². The smallest absolute Gasteiger partial charge is 0.144 e. The minimum Gasteiger partial charge on any atom is -0.399 e. The van der Waals surface area contributed by atoms with E-state index in [1.165, 1.54) is 12.1 Å². The second-order valence-electron chi connectivity index (χ2n) is 3.99. The quantitative estimate of drug-likeness (QED) is 0.658. The Morgan fingerprint density at radius 3 is 2.61 bits per heavy atom. The Hall–Kier alpha value is -2.07. The molecule has 3 aromatic rings. The molecule has 0 radical (unpaired) electrons. The van der Waals surface area contributed by atoms with Gasteiger partial charge in [-0.25, -0.2) is 9.37 Å². The average Bonchev–Trinajstić information content (AvgIpc) is 2.73. The normalized spacial score (nSPS) is 11.0. The fourth-order valence-corrected chi connectivity index (χ4v) is 1.94. The maximum Gasteiger partial charge on any atom is 0.144 e. The summed E-state index contributed by atoms with van der Waals surface area (Å²) in [7, 11) is 0. The molecule has 0 fully saturated rings. The number of anilines is 1. The van der Waals surface area contributed by atoms with Gasteiger partial charge in [-0.15, -0.1) is 0 Å². The number of aromatic nitrogens is 2. The molecule has 0 aliphatic rings. The highest BCUT2D eigenvalue weighted by Crippen LogP contribution is 2.25. The second kappa shape index (κ2) is 3.99. The average molecular weight is 262 g/mol. The van der Waals surface area contributed by atoms with E-state index in [1.807, 2.05) is 12.1 Å². The molecule has 0 aliphatic carbocycles. The number of nitrogens with one attached hydrogen (secondary N) is 1. The molecule has 0 amide bonds. The van der Waals surface area contributed by atoms with Crippen LogP contribution in [0.5, 0.6) is 0 Å². The summed E-state index contributed by atoms with van der Waals surface area (Å²) in [6.45, 7) is 0. The van der Waals surface area contributed by atoms with E-state index < -0.39 is 5.82 Å². The van der Waals surface area contributed by atoms with Gasteiger partial charge in [-0.05, 0) is 30.3 Å². The van der Waals surface area contributed by atoms with Crippen LogP contribution in [0.3, 0.4) is 0 Å². The Morgan fingerprint density at radius 1 is 1.17 bits per heavy atom. The van der Waals surface area contributed by atoms with Crippen LogP contribution in [0, 0.1) is 5.82 Å². The van der Waals surface area contributed by atoms with Gasteiger partial charge in [-0.2, -0.15) is 0 Å². The standard InChI is InChI=1S/C13H9ClFN3/c14-9-5-11-12(6-10(9)15)18-13(17-11)7-1-3-8(16)4-2-7/h1-6H,16H2,(H,17,18). The molecule has 0 atom stereocenters. The summed E-state index contributed by atoms with van der Waals surface area (Å²) in [4.78, 5) is 7.42. The highest BCUT2D eigenvalue weighted by Gasteiger charge is 2.08. The summed E-state index contributed by atoms with van der Waals surface area (Å²) >= 11 is 5.72. The summed E-state index contributed by atoms with van der Waals surface area (Å²) in [5, 5.41) is 0.0675. The lowest BCUT2D eigenvalue weighted by atomic mass is 10.2. The van der Waals surface area contributed by atoms with Crippen molar-refractivity contribution in [1.29, 1.82) is 0 Å². The molecule has 2 aromatic carbocycles. The molecule has 1 aromatic heterocycles. The van der Waals surface area contributed by atoms with E-state index in [-0.39, 0.29) is 5.02 Å². The Kier molecular flexibility index (Phi) is 2.45. The van der Waals surface area contributed by atoms with E-state index in [4.69, 9.17) is 17.3 Å². The minimum absolute atomic E-state index is 0.0675. The predicted octanol–water partition coefficient (Wildman–Crippen LogP) is 3.60. The van der Waals surface area contributed by atoms with Crippen LogP contribution in [-0.2, 0) is 0 Å². The van der Waals surface area contributed by atoms with Crippen molar-refractivity contribution in [2.75, 3.05) is 5.73 Å². The van der Waals surface area contributed by atoms with Gasteiger partial charge in [0, 0.05) is 17.3 Å². The highest BCUT2D eigenvalue weighted by molar-refractivity contribution is 6.31. The number of nitrogen functional groups attached to an aromatic ring is 1. The first-order valence-electron chi connectivity index (χ1n) is 5.34. The number of benzene rings is 2. The highest BCUT2D eigenvalue weighted by atomic mass is 35.5.